The molecule has 108 valence electrons. The van der Waals surface area contributed by atoms with Gasteiger partial charge >= 0.3 is 0 Å². The number of fused-ring (bicyclic) bond motifs is 1. The van der Waals surface area contributed by atoms with Crippen LogP contribution in [0.15, 0.2) is 41.3 Å². The van der Waals surface area contributed by atoms with Crippen LogP contribution in [0.2, 0.25) is 0 Å². The first-order chi connectivity index (χ1) is 9.60. The SMILES string of the molecule is CCNS(=O)(=O)c1ccc(NC2CC3CC=CC32)cc1. The molecule has 1 aromatic rings. The van der Waals surface area contributed by atoms with Gasteiger partial charge in [0.05, 0.1) is 4.90 Å². The summed E-state index contributed by atoms with van der Waals surface area (Å²) in [5, 5.41) is 3.49. The van der Waals surface area contributed by atoms with E-state index in [4.69, 9.17) is 0 Å². The summed E-state index contributed by atoms with van der Waals surface area (Å²) in [6.07, 6.45) is 6.98. The van der Waals surface area contributed by atoms with Gasteiger partial charge in [0.15, 0.2) is 0 Å². The normalized spacial score (nSPS) is 27.9. The summed E-state index contributed by atoms with van der Waals surface area (Å²) in [5.74, 6) is 1.47. The zero-order chi connectivity index (χ0) is 14.2. The molecule has 2 N–H and O–H groups in total. The van der Waals surface area contributed by atoms with Gasteiger partial charge < -0.3 is 5.32 Å². The molecule has 3 rings (SSSR count). The van der Waals surface area contributed by atoms with Crippen LogP contribution in [0.5, 0.6) is 0 Å². The number of sulfonamides is 1. The van der Waals surface area contributed by atoms with Gasteiger partial charge in [0, 0.05) is 24.2 Å². The Balaban J connectivity index is 1.66. The van der Waals surface area contributed by atoms with Crippen LogP contribution < -0.4 is 10.0 Å². The Bertz CT molecular complexity index is 607. The lowest BCUT2D eigenvalue weighted by Gasteiger charge is -2.41. The third-order valence-corrected chi connectivity index (χ3v) is 5.78. The minimum atomic E-state index is -3.35. The molecular formula is C15H20N2O2S. The highest BCUT2D eigenvalue weighted by atomic mass is 32.2. The first kappa shape index (κ1) is 13.6. The predicted molar refractivity (Wildman–Crippen MR) is 80.1 cm³/mol. The second-order valence-corrected chi connectivity index (χ2v) is 7.28. The van der Waals surface area contributed by atoms with E-state index in [2.05, 4.69) is 22.2 Å². The Hall–Kier alpha value is -1.33. The summed E-state index contributed by atoms with van der Waals surface area (Å²) >= 11 is 0. The lowest BCUT2D eigenvalue weighted by molar-refractivity contribution is 0.218. The first-order valence-electron chi connectivity index (χ1n) is 7.13. The van der Waals surface area contributed by atoms with Crippen LogP contribution in [-0.4, -0.2) is 21.0 Å². The van der Waals surface area contributed by atoms with E-state index >= 15 is 0 Å². The molecule has 0 saturated heterocycles. The van der Waals surface area contributed by atoms with Gasteiger partial charge in [0.1, 0.15) is 0 Å². The van der Waals surface area contributed by atoms with Gasteiger partial charge in [0.2, 0.25) is 10.0 Å². The summed E-state index contributed by atoms with van der Waals surface area (Å²) < 4.78 is 26.2. The molecule has 2 aliphatic carbocycles. The fourth-order valence-corrected chi connectivity index (χ4v) is 4.14. The maximum absolute atomic E-state index is 11.8. The maximum Gasteiger partial charge on any atom is 0.240 e. The van der Waals surface area contributed by atoms with Crippen LogP contribution in [0.25, 0.3) is 0 Å². The Morgan fingerprint density at radius 2 is 2.00 bits per heavy atom. The van der Waals surface area contributed by atoms with E-state index in [0.717, 1.165) is 11.6 Å². The van der Waals surface area contributed by atoms with E-state index in [9.17, 15) is 8.42 Å². The summed E-state index contributed by atoms with van der Waals surface area (Å²) in [6.45, 7) is 2.18. The Labute approximate surface area is 120 Å². The Morgan fingerprint density at radius 3 is 2.65 bits per heavy atom. The number of anilines is 1. The molecule has 4 nitrogen and oxygen atoms in total. The highest BCUT2D eigenvalue weighted by Gasteiger charge is 2.40. The standard InChI is InChI=1S/C15H20N2O2S/c1-2-16-20(18,19)13-8-6-12(7-9-13)17-15-10-11-4-3-5-14(11)15/h3,5-9,11,14-17H,2,4,10H2,1H3. The Morgan fingerprint density at radius 1 is 1.25 bits per heavy atom. The van der Waals surface area contributed by atoms with E-state index in [1.807, 2.05) is 12.1 Å². The second kappa shape index (κ2) is 5.22. The molecule has 0 spiro atoms. The van der Waals surface area contributed by atoms with Gasteiger partial charge in [-0.05, 0) is 43.0 Å². The number of allylic oxidation sites excluding steroid dienone is 1. The summed E-state index contributed by atoms with van der Waals surface area (Å²) in [4.78, 5) is 0.317. The molecule has 5 heteroatoms. The number of rotatable bonds is 5. The van der Waals surface area contributed by atoms with Crippen molar-refractivity contribution in [2.75, 3.05) is 11.9 Å². The summed E-state index contributed by atoms with van der Waals surface area (Å²) in [5.41, 5.74) is 0.990. The van der Waals surface area contributed by atoms with Crippen molar-refractivity contribution in [3.63, 3.8) is 0 Å². The molecule has 0 amide bonds. The lowest BCUT2D eigenvalue weighted by atomic mass is 9.71. The van der Waals surface area contributed by atoms with Gasteiger partial charge in [0.25, 0.3) is 0 Å². The molecule has 0 heterocycles. The number of benzene rings is 1. The third-order valence-electron chi connectivity index (χ3n) is 4.21. The first-order valence-corrected chi connectivity index (χ1v) is 8.61. The highest BCUT2D eigenvalue weighted by molar-refractivity contribution is 7.89. The van der Waals surface area contributed by atoms with Crippen LogP contribution >= 0.6 is 0 Å². The van der Waals surface area contributed by atoms with E-state index in [0.29, 0.717) is 23.4 Å². The second-order valence-electron chi connectivity index (χ2n) is 5.51. The summed E-state index contributed by atoms with van der Waals surface area (Å²) in [7, 11) is -3.35. The van der Waals surface area contributed by atoms with Crippen molar-refractivity contribution in [1.82, 2.24) is 4.72 Å². The molecule has 3 unspecified atom stereocenters. The Kier molecular flexibility index (Phi) is 3.56. The minimum absolute atomic E-state index is 0.317. The zero-order valence-electron chi connectivity index (χ0n) is 11.5. The van der Waals surface area contributed by atoms with Crippen molar-refractivity contribution in [3.8, 4) is 0 Å². The molecular weight excluding hydrogens is 272 g/mol. The van der Waals surface area contributed by atoms with Crippen molar-refractivity contribution in [2.24, 2.45) is 11.8 Å². The molecule has 20 heavy (non-hydrogen) atoms. The van der Waals surface area contributed by atoms with Gasteiger partial charge in [-0.25, -0.2) is 13.1 Å². The highest BCUT2D eigenvalue weighted by Crippen LogP contribution is 2.44. The van der Waals surface area contributed by atoms with E-state index in [1.165, 1.54) is 12.8 Å². The minimum Gasteiger partial charge on any atom is -0.382 e. The van der Waals surface area contributed by atoms with Crippen molar-refractivity contribution < 1.29 is 8.42 Å². The molecule has 1 fully saturated rings. The van der Waals surface area contributed by atoms with Crippen molar-refractivity contribution in [1.29, 1.82) is 0 Å². The van der Waals surface area contributed by atoms with Crippen LogP contribution in [0, 0.1) is 11.8 Å². The van der Waals surface area contributed by atoms with Crippen LogP contribution in [-0.2, 0) is 10.0 Å². The zero-order valence-corrected chi connectivity index (χ0v) is 12.4. The maximum atomic E-state index is 11.8. The van der Waals surface area contributed by atoms with Crippen molar-refractivity contribution >= 4 is 15.7 Å². The fourth-order valence-electron chi connectivity index (χ4n) is 3.10. The van der Waals surface area contributed by atoms with Crippen LogP contribution in [0.1, 0.15) is 19.8 Å². The fraction of sp³-hybridized carbons (Fsp3) is 0.467. The molecule has 3 atom stereocenters. The van der Waals surface area contributed by atoms with Crippen LogP contribution in [0.3, 0.4) is 0 Å². The molecule has 0 radical (unpaired) electrons. The summed E-state index contributed by atoms with van der Waals surface area (Å²) in [6, 6.07) is 7.49. The molecule has 2 aliphatic rings. The predicted octanol–water partition coefficient (Wildman–Crippen LogP) is 2.36. The number of nitrogens with one attached hydrogen (secondary N) is 2. The van der Waals surface area contributed by atoms with Crippen LogP contribution in [0.4, 0.5) is 5.69 Å². The van der Waals surface area contributed by atoms with Gasteiger partial charge in [-0.3, -0.25) is 0 Å². The average molecular weight is 292 g/mol. The smallest absolute Gasteiger partial charge is 0.240 e. The molecule has 0 aliphatic heterocycles. The van der Waals surface area contributed by atoms with Crippen molar-refractivity contribution in [2.45, 2.75) is 30.7 Å². The van der Waals surface area contributed by atoms with E-state index in [1.54, 1.807) is 19.1 Å². The topological polar surface area (TPSA) is 58.2 Å². The van der Waals surface area contributed by atoms with Gasteiger partial charge in [-0.1, -0.05) is 19.1 Å². The quantitative estimate of drug-likeness (QED) is 0.819. The molecule has 0 bridgehead atoms. The number of hydrogen-bond acceptors (Lipinski definition) is 3. The lowest BCUT2D eigenvalue weighted by Crippen LogP contribution is -2.43. The average Bonchev–Trinajstić information content (AvgIpc) is 2.78. The van der Waals surface area contributed by atoms with E-state index in [-0.39, 0.29) is 0 Å². The van der Waals surface area contributed by atoms with E-state index < -0.39 is 10.0 Å². The molecule has 1 saturated carbocycles. The third kappa shape index (κ3) is 2.47. The van der Waals surface area contributed by atoms with Crippen molar-refractivity contribution in [3.05, 3.63) is 36.4 Å². The molecule has 1 aromatic carbocycles. The largest absolute Gasteiger partial charge is 0.382 e. The number of hydrogen-bond donors (Lipinski definition) is 2. The van der Waals surface area contributed by atoms with Gasteiger partial charge in [-0.2, -0.15) is 0 Å². The molecule has 0 aromatic heterocycles. The van der Waals surface area contributed by atoms with Gasteiger partial charge in [-0.15, -0.1) is 0 Å². The monoisotopic (exact) mass is 292 g/mol.